The highest BCUT2D eigenvalue weighted by molar-refractivity contribution is 7.89. The highest BCUT2D eigenvalue weighted by atomic mass is 32.2. The molecule has 1 aromatic heterocycles. The normalized spacial score (nSPS) is 12.4. The molecule has 142 valence electrons. The van der Waals surface area contributed by atoms with Crippen molar-refractivity contribution < 1.29 is 26.0 Å². The highest BCUT2D eigenvalue weighted by Crippen LogP contribution is 2.43. The molecule has 0 amide bonds. The van der Waals surface area contributed by atoms with Crippen LogP contribution in [0.5, 0.6) is 0 Å². The Balaban J connectivity index is 2.42. The molecule has 0 aliphatic carbocycles. The van der Waals surface area contributed by atoms with Gasteiger partial charge in [-0.3, -0.25) is 4.68 Å². The SMILES string of the molecule is Cn1nc(-c2ccccc2S(N)(=O)=O)c(-c2ccc(F)cc2)c1C(F)(F)F. The number of nitrogens with two attached hydrogens (primary N) is 1. The first kappa shape index (κ1) is 19.1. The maximum absolute atomic E-state index is 13.7. The Bertz CT molecular complexity index is 1100. The van der Waals surface area contributed by atoms with Crippen molar-refractivity contribution in [2.24, 2.45) is 12.2 Å². The predicted octanol–water partition coefficient (Wildman–Crippen LogP) is 3.56. The number of nitrogens with zero attached hydrogens (tertiary/aromatic N) is 2. The predicted molar refractivity (Wildman–Crippen MR) is 90.4 cm³/mol. The van der Waals surface area contributed by atoms with Crippen molar-refractivity contribution in [2.75, 3.05) is 0 Å². The molecule has 0 radical (unpaired) electrons. The van der Waals surface area contributed by atoms with E-state index < -0.39 is 27.7 Å². The highest BCUT2D eigenvalue weighted by Gasteiger charge is 2.40. The molecule has 27 heavy (non-hydrogen) atoms. The van der Waals surface area contributed by atoms with Crippen LogP contribution < -0.4 is 5.14 Å². The lowest BCUT2D eigenvalue weighted by Crippen LogP contribution is -2.13. The van der Waals surface area contributed by atoms with Crippen LogP contribution in [0.4, 0.5) is 17.6 Å². The molecular formula is C17H13F4N3O2S. The smallest absolute Gasteiger partial charge is 0.262 e. The quantitative estimate of drug-likeness (QED) is 0.684. The Morgan fingerprint density at radius 1 is 1.04 bits per heavy atom. The molecule has 0 fully saturated rings. The molecule has 5 nitrogen and oxygen atoms in total. The van der Waals surface area contributed by atoms with E-state index in [1.165, 1.54) is 36.4 Å². The second-order valence-electron chi connectivity index (χ2n) is 5.74. The van der Waals surface area contributed by atoms with Crippen LogP contribution in [0.25, 0.3) is 22.4 Å². The molecule has 0 atom stereocenters. The monoisotopic (exact) mass is 399 g/mol. The van der Waals surface area contributed by atoms with Crippen molar-refractivity contribution in [1.82, 2.24) is 9.78 Å². The number of benzene rings is 2. The molecule has 3 aromatic rings. The zero-order valence-corrected chi connectivity index (χ0v) is 14.6. The number of alkyl halides is 3. The van der Waals surface area contributed by atoms with Gasteiger partial charge in [0.15, 0.2) is 5.69 Å². The molecule has 0 unspecified atom stereocenters. The van der Waals surface area contributed by atoms with E-state index in [4.69, 9.17) is 5.14 Å². The average Bonchev–Trinajstić information content (AvgIpc) is 2.92. The van der Waals surface area contributed by atoms with E-state index in [1.807, 2.05) is 0 Å². The third-order valence-electron chi connectivity index (χ3n) is 3.90. The lowest BCUT2D eigenvalue weighted by Gasteiger charge is -2.12. The maximum Gasteiger partial charge on any atom is 0.433 e. The number of sulfonamides is 1. The third-order valence-corrected chi connectivity index (χ3v) is 4.87. The number of halogens is 4. The molecule has 2 aromatic carbocycles. The molecule has 2 N–H and O–H groups in total. The summed E-state index contributed by atoms with van der Waals surface area (Å²) in [4.78, 5) is -0.361. The first-order valence-corrected chi connectivity index (χ1v) is 9.07. The zero-order chi connectivity index (χ0) is 20.0. The molecule has 10 heteroatoms. The Morgan fingerprint density at radius 3 is 2.19 bits per heavy atom. The summed E-state index contributed by atoms with van der Waals surface area (Å²) in [7, 11) is -3.12. The van der Waals surface area contributed by atoms with Crippen molar-refractivity contribution in [2.45, 2.75) is 11.1 Å². The first-order chi connectivity index (χ1) is 12.5. The van der Waals surface area contributed by atoms with Crippen molar-refractivity contribution in [1.29, 1.82) is 0 Å². The molecule has 0 aliphatic rings. The van der Waals surface area contributed by atoms with E-state index in [9.17, 15) is 26.0 Å². The second-order valence-corrected chi connectivity index (χ2v) is 7.27. The van der Waals surface area contributed by atoms with E-state index >= 15 is 0 Å². The number of rotatable bonds is 3. The van der Waals surface area contributed by atoms with E-state index in [0.29, 0.717) is 4.68 Å². The fraction of sp³-hybridized carbons (Fsp3) is 0.118. The van der Waals surface area contributed by atoms with Gasteiger partial charge >= 0.3 is 6.18 Å². The fourth-order valence-electron chi connectivity index (χ4n) is 2.84. The number of hydrogen-bond acceptors (Lipinski definition) is 3. The van der Waals surface area contributed by atoms with Gasteiger partial charge in [0.2, 0.25) is 10.0 Å². The van der Waals surface area contributed by atoms with Crippen LogP contribution in [-0.4, -0.2) is 18.2 Å². The minimum atomic E-state index is -4.78. The average molecular weight is 399 g/mol. The summed E-state index contributed by atoms with van der Waals surface area (Å²) < 4.78 is 78.6. The molecule has 1 heterocycles. The summed E-state index contributed by atoms with van der Waals surface area (Å²) in [5, 5.41) is 9.10. The number of aromatic nitrogens is 2. The summed E-state index contributed by atoms with van der Waals surface area (Å²) in [6.07, 6.45) is -4.78. The molecule has 0 saturated carbocycles. The summed E-state index contributed by atoms with van der Waals surface area (Å²) in [5.74, 6) is -0.623. The van der Waals surface area contributed by atoms with E-state index in [2.05, 4.69) is 5.10 Å². The van der Waals surface area contributed by atoms with Gasteiger partial charge in [0.05, 0.1) is 4.90 Å². The summed E-state index contributed by atoms with van der Waals surface area (Å²) in [5.41, 5.74) is -1.71. The van der Waals surface area contributed by atoms with Crippen molar-refractivity contribution in [3.8, 4) is 22.4 Å². The van der Waals surface area contributed by atoms with Gasteiger partial charge in [0, 0.05) is 18.2 Å². The summed E-state index contributed by atoms with van der Waals surface area (Å²) in [6, 6.07) is 9.72. The van der Waals surface area contributed by atoms with Crippen LogP contribution in [0, 0.1) is 5.82 Å². The number of primary sulfonamides is 1. The van der Waals surface area contributed by atoms with Crippen LogP contribution >= 0.6 is 0 Å². The van der Waals surface area contributed by atoms with Crippen LogP contribution in [0.3, 0.4) is 0 Å². The van der Waals surface area contributed by atoms with Gasteiger partial charge in [-0.1, -0.05) is 30.3 Å². The first-order valence-electron chi connectivity index (χ1n) is 7.52. The van der Waals surface area contributed by atoms with Gasteiger partial charge < -0.3 is 0 Å². The number of aryl methyl sites for hydroxylation is 1. The Hall–Kier alpha value is -2.72. The number of hydrogen-bond donors (Lipinski definition) is 1. The van der Waals surface area contributed by atoms with Crippen LogP contribution in [0.15, 0.2) is 53.4 Å². The van der Waals surface area contributed by atoms with Gasteiger partial charge in [0.1, 0.15) is 11.5 Å². The standard InChI is InChI=1S/C17H13F4N3O2S/c1-24-16(17(19,20)21)14(10-6-8-11(18)9-7-10)15(23-24)12-4-2-3-5-13(12)27(22,25)26/h2-9H,1H3,(H2,22,25,26). The Labute approximate surface area is 152 Å². The maximum atomic E-state index is 13.7. The fourth-order valence-corrected chi connectivity index (χ4v) is 3.58. The van der Waals surface area contributed by atoms with Crippen LogP contribution in [0.2, 0.25) is 0 Å². The topological polar surface area (TPSA) is 78.0 Å². The van der Waals surface area contributed by atoms with Gasteiger partial charge in [-0.25, -0.2) is 17.9 Å². The Morgan fingerprint density at radius 2 is 1.63 bits per heavy atom. The van der Waals surface area contributed by atoms with Crippen molar-refractivity contribution >= 4 is 10.0 Å². The van der Waals surface area contributed by atoms with Crippen molar-refractivity contribution in [3.63, 3.8) is 0 Å². The molecule has 0 saturated heterocycles. The summed E-state index contributed by atoms with van der Waals surface area (Å²) >= 11 is 0. The van der Waals surface area contributed by atoms with Gasteiger partial charge in [-0.15, -0.1) is 0 Å². The van der Waals surface area contributed by atoms with Crippen LogP contribution in [-0.2, 0) is 23.2 Å². The minimum Gasteiger partial charge on any atom is -0.262 e. The Kier molecular flexibility index (Phi) is 4.56. The van der Waals surface area contributed by atoms with Crippen LogP contribution in [0.1, 0.15) is 5.69 Å². The van der Waals surface area contributed by atoms with Gasteiger partial charge in [-0.2, -0.15) is 18.3 Å². The lowest BCUT2D eigenvalue weighted by molar-refractivity contribution is -0.143. The van der Waals surface area contributed by atoms with Gasteiger partial charge in [-0.05, 0) is 23.8 Å². The van der Waals surface area contributed by atoms with E-state index in [0.717, 1.165) is 19.2 Å². The largest absolute Gasteiger partial charge is 0.433 e. The zero-order valence-electron chi connectivity index (χ0n) is 13.8. The lowest BCUT2D eigenvalue weighted by atomic mass is 9.98. The molecular weight excluding hydrogens is 386 g/mol. The molecule has 0 aliphatic heterocycles. The van der Waals surface area contributed by atoms with Gasteiger partial charge in [0.25, 0.3) is 0 Å². The third kappa shape index (κ3) is 3.58. The van der Waals surface area contributed by atoms with E-state index in [1.54, 1.807) is 0 Å². The molecule has 0 bridgehead atoms. The minimum absolute atomic E-state index is 0.0380. The molecule has 3 rings (SSSR count). The summed E-state index contributed by atoms with van der Waals surface area (Å²) in [6.45, 7) is 0. The van der Waals surface area contributed by atoms with Crippen molar-refractivity contribution in [3.05, 3.63) is 60.0 Å². The second kappa shape index (κ2) is 6.46. The van der Waals surface area contributed by atoms with E-state index in [-0.39, 0.29) is 27.3 Å². The molecule has 0 spiro atoms.